The Morgan fingerprint density at radius 2 is 1.65 bits per heavy atom. The molecule has 0 amide bonds. The molecular formula is C19H32ClN3O2S. The first kappa shape index (κ1) is 21.6. The van der Waals surface area contributed by atoms with Gasteiger partial charge < -0.3 is 10.2 Å². The van der Waals surface area contributed by atoms with Crippen molar-refractivity contribution in [1.82, 2.24) is 14.5 Å². The Bertz CT molecular complexity index is 637. The molecule has 1 aromatic rings. The van der Waals surface area contributed by atoms with E-state index in [-0.39, 0.29) is 12.4 Å². The highest BCUT2D eigenvalue weighted by Gasteiger charge is 2.29. The van der Waals surface area contributed by atoms with Gasteiger partial charge in [-0.2, -0.15) is 4.31 Å². The van der Waals surface area contributed by atoms with Crippen LogP contribution in [0.2, 0.25) is 0 Å². The summed E-state index contributed by atoms with van der Waals surface area (Å²) in [6, 6.07) is 7.43. The van der Waals surface area contributed by atoms with Crippen molar-refractivity contribution in [3.63, 3.8) is 0 Å². The maximum Gasteiger partial charge on any atom is 0.243 e. The summed E-state index contributed by atoms with van der Waals surface area (Å²) in [7, 11) is -3.35. The second kappa shape index (κ2) is 10.0. The molecule has 0 unspecified atom stereocenters. The number of piperidine rings is 1. The van der Waals surface area contributed by atoms with Crippen molar-refractivity contribution in [3.05, 3.63) is 29.8 Å². The van der Waals surface area contributed by atoms with Crippen molar-refractivity contribution >= 4 is 22.4 Å². The van der Waals surface area contributed by atoms with Gasteiger partial charge in [0, 0.05) is 32.7 Å². The van der Waals surface area contributed by atoms with Crippen LogP contribution in [0.5, 0.6) is 0 Å². The molecule has 5 nitrogen and oxygen atoms in total. The maximum atomic E-state index is 12.9. The Labute approximate surface area is 164 Å². The maximum absolute atomic E-state index is 12.9. The van der Waals surface area contributed by atoms with Gasteiger partial charge in [-0.1, -0.05) is 25.5 Å². The summed E-state index contributed by atoms with van der Waals surface area (Å²) < 4.78 is 27.4. The third kappa shape index (κ3) is 5.42. The van der Waals surface area contributed by atoms with E-state index in [1.807, 2.05) is 12.1 Å². The van der Waals surface area contributed by atoms with Gasteiger partial charge in [-0.05, 0) is 56.0 Å². The van der Waals surface area contributed by atoms with Gasteiger partial charge in [0.2, 0.25) is 10.0 Å². The van der Waals surface area contributed by atoms with Crippen molar-refractivity contribution in [2.75, 3.05) is 45.8 Å². The molecule has 7 heteroatoms. The predicted molar refractivity (Wildman–Crippen MR) is 108 cm³/mol. The molecule has 0 radical (unpaired) electrons. The number of nitrogens with zero attached hydrogens (tertiary/aromatic N) is 2. The standard InChI is InChI=1S/C19H31N3O2S.ClH/c1-2-3-17-4-6-19(7-5-17)25(23,24)22-14-12-21(13-15-22)16-18-8-10-20-11-9-18;/h4-7,18,20H,2-3,8-16H2,1H3;1H. The fourth-order valence-corrected chi connectivity index (χ4v) is 5.27. The van der Waals surface area contributed by atoms with Crippen LogP contribution in [0.15, 0.2) is 29.2 Å². The quantitative estimate of drug-likeness (QED) is 0.795. The lowest BCUT2D eigenvalue weighted by molar-refractivity contribution is 0.152. The molecule has 2 saturated heterocycles. The number of nitrogens with one attached hydrogen (secondary N) is 1. The molecule has 0 bridgehead atoms. The molecule has 1 N–H and O–H groups in total. The van der Waals surface area contributed by atoms with Gasteiger partial charge in [-0.25, -0.2) is 8.42 Å². The topological polar surface area (TPSA) is 52.7 Å². The van der Waals surface area contributed by atoms with Crippen LogP contribution in [-0.2, 0) is 16.4 Å². The van der Waals surface area contributed by atoms with Gasteiger partial charge in [0.1, 0.15) is 0 Å². The fourth-order valence-electron chi connectivity index (χ4n) is 3.85. The van der Waals surface area contributed by atoms with Gasteiger partial charge in [0.05, 0.1) is 4.90 Å². The molecule has 2 aliphatic rings. The largest absolute Gasteiger partial charge is 0.317 e. The monoisotopic (exact) mass is 401 g/mol. The zero-order valence-corrected chi connectivity index (χ0v) is 17.3. The number of benzene rings is 1. The van der Waals surface area contributed by atoms with E-state index >= 15 is 0 Å². The van der Waals surface area contributed by atoms with E-state index in [9.17, 15) is 8.42 Å². The third-order valence-electron chi connectivity index (χ3n) is 5.41. The van der Waals surface area contributed by atoms with Crippen molar-refractivity contribution in [1.29, 1.82) is 0 Å². The Morgan fingerprint density at radius 3 is 2.23 bits per heavy atom. The van der Waals surface area contributed by atoms with E-state index in [1.54, 1.807) is 16.4 Å². The van der Waals surface area contributed by atoms with Gasteiger partial charge in [0.25, 0.3) is 0 Å². The molecule has 0 atom stereocenters. The predicted octanol–water partition coefficient (Wildman–Crippen LogP) is 2.37. The SMILES string of the molecule is CCCc1ccc(S(=O)(=O)N2CCN(CC3CCNCC3)CC2)cc1.Cl. The highest BCUT2D eigenvalue weighted by atomic mass is 35.5. The van der Waals surface area contributed by atoms with Crippen molar-refractivity contribution in [2.45, 2.75) is 37.5 Å². The molecule has 0 aromatic heterocycles. The van der Waals surface area contributed by atoms with E-state index in [0.29, 0.717) is 18.0 Å². The Kier molecular flexibility index (Phi) is 8.36. The van der Waals surface area contributed by atoms with Crippen LogP contribution in [0.1, 0.15) is 31.7 Å². The highest BCUT2D eigenvalue weighted by Crippen LogP contribution is 2.20. The summed E-state index contributed by atoms with van der Waals surface area (Å²) in [6.07, 6.45) is 4.55. The van der Waals surface area contributed by atoms with E-state index in [1.165, 1.54) is 18.4 Å². The second-order valence-electron chi connectivity index (χ2n) is 7.29. The van der Waals surface area contributed by atoms with Crippen LogP contribution in [0.3, 0.4) is 0 Å². The molecule has 0 aliphatic carbocycles. The molecule has 0 saturated carbocycles. The van der Waals surface area contributed by atoms with Crippen LogP contribution in [0.25, 0.3) is 0 Å². The average Bonchev–Trinajstić information content (AvgIpc) is 2.64. The van der Waals surface area contributed by atoms with Gasteiger partial charge >= 0.3 is 0 Å². The normalized spacial score (nSPS) is 20.7. The molecular weight excluding hydrogens is 370 g/mol. The summed E-state index contributed by atoms with van der Waals surface area (Å²) in [4.78, 5) is 2.87. The lowest BCUT2D eigenvalue weighted by Crippen LogP contribution is -2.50. The molecule has 26 heavy (non-hydrogen) atoms. The van der Waals surface area contributed by atoms with Gasteiger partial charge in [-0.15, -0.1) is 12.4 Å². The summed E-state index contributed by atoms with van der Waals surface area (Å²) in [5.41, 5.74) is 1.20. The smallest absolute Gasteiger partial charge is 0.243 e. The first-order valence-electron chi connectivity index (χ1n) is 9.62. The molecule has 1 aromatic carbocycles. The van der Waals surface area contributed by atoms with Crippen molar-refractivity contribution in [3.8, 4) is 0 Å². The van der Waals surface area contributed by atoms with Crippen molar-refractivity contribution < 1.29 is 8.42 Å². The fraction of sp³-hybridized carbons (Fsp3) is 0.684. The average molecular weight is 402 g/mol. The molecule has 0 spiro atoms. The molecule has 148 valence electrons. The number of hydrogen-bond acceptors (Lipinski definition) is 4. The Balaban J connectivity index is 0.00000243. The van der Waals surface area contributed by atoms with Crippen LogP contribution in [-0.4, -0.2) is 63.4 Å². The number of aryl methyl sites for hydroxylation is 1. The first-order valence-corrected chi connectivity index (χ1v) is 11.1. The van der Waals surface area contributed by atoms with Crippen LogP contribution in [0.4, 0.5) is 0 Å². The summed E-state index contributed by atoms with van der Waals surface area (Å²) in [5.74, 6) is 0.760. The molecule has 2 fully saturated rings. The second-order valence-corrected chi connectivity index (χ2v) is 9.23. The van der Waals surface area contributed by atoms with E-state index in [0.717, 1.165) is 51.5 Å². The zero-order chi connectivity index (χ0) is 17.7. The Hall–Kier alpha value is -0.660. The minimum atomic E-state index is -3.35. The number of hydrogen-bond donors (Lipinski definition) is 1. The van der Waals surface area contributed by atoms with Crippen molar-refractivity contribution in [2.24, 2.45) is 5.92 Å². The minimum absolute atomic E-state index is 0. The van der Waals surface area contributed by atoms with Gasteiger partial charge in [-0.3, -0.25) is 0 Å². The number of halogens is 1. The van der Waals surface area contributed by atoms with Crippen LogP contribution < -0.4 is 5.32 Å². The zero-order valence-electron chi connectivity index (χ0n) is 15.7. The van der Waals surface area contributed by atoms with E-state index in [2.05, 4.69) is 17.1 Å². The minimum Gasteiger partial charge on any atom is -0.317 e. The van der Waals surface area contributed by atoms with E-state index < -0.39 is 10.0 Å². The summed E-state index contributed by atoms with van der Waals surface area (Å²) in [5, 5.41) is 3.40. The summed E-state index contributed by atoms with van der Waals surface area (Å²) >= 11 is 0. The Morgan fingerprint density at radius 1 is 1.04 bits per heavy atom. The number of piperazine rings is 1. The number of sulfonamides is 1. The summed E-state index contributed by atoms with van der Waals surface area (Å²) in [6.45, 7) is 8.37. The van der Waals surface area contributed by atoms with E-state index in [4.69, 9.17) is 0 Å². The van der Waals surface area contributed by atoms with Crippen LogP contribution >= 0.6 is 12.4 Å². The molecule has 2 aliphatic heterocycles. The lowest BCUT2D eigenvalue weighted by atomic mass is 9.97. The molecule has 3 rings (SSSR count). The molecule has 2 heterocycles. The third-order valence-corrected chi connectivity index (χ3v) is 7.32. The van der Waals surface area contributed by atoms with Gasteiger partial charge in [0.15, 0.2) is 0 Å². The lowest BCUT2D eigenvalue weighted by Gasteiger charge is -2.36. The highest BCUT2D eigenvalue weighted by molar-refractivity contribution is 7.89. The first-order chi connectivity index (χ1) is 12.1. The van der Waals surface area contributed by atoms with Crippen LogP contribution in [0, 0.1) is 5.92 Å². The number of rotatable bonds is 6.